The van der Waals surface area contributed by atoms with Crippen molar-refractivity contribution in [3.05, 3.63) is 11.6 Å². The van der Waals surface area contributed by atoms with E-state index in [1.54, 1.807) is 0 Å². The van der Waals surface area contributed by atoms with E-state index < -0.39 is 0 Å². The summed E-state index contributed by atoms with van der Waals surface area (Å²) in [6.45, 7) is 5.73. The first-order valence-corrected chi connectivity index (χ1v) is 6.40. The molecule has 0 aromatic carbocycles. The van der Waals surface area contributed by atoms with E-state index in [1.807, 2.05) is 18.7 Å². The smallest absolute Gasteiger partial charge is 0.293 e. The van der Waals surface area contributed by atoms with Crippen molar-refractivity contribution in [2.24, 2.45) is 0 Å². The van der Waals surface area contributed by atoms with Gasteiger partial charge in [0.15, 0.2) is 0 Å². The second kappa shape index (κ2) is 5.29. The molecule has 1 aromatic heterocycles. The first-order valence-electron chi connectivity index (χ1n) is 6.40. The summed E-state index contributed by atoms with van der Waals surface area (Å²) in [4.78, 5) is 18.3. The maximum Gasteiger partial charge on any atom is 0.293 e. The quantitative estimate of drug-likeness (QED) is 0.853. The molecule has 5 nitrogen and oxygen atoms in total. The van der Waals surface area contributed by atoms with Gasteiger partial charge in [-0.15, -0.1) is 5.10 Å². The lowest BCUT2D eigenvalue weighted by Crippen LogP contribution is -2.32. The summed E-state index contributed by atoms with van der Waals surface area (Å²) in [6, 6.07) is 0. The van der Waals surface area contributed by atoms with Crippen molar-refractivity contribution < 1.29 is 4.79 Å². The van der Waals surface area contributed by atoms with Crippen LogP contribution in [0.5, 0.6) is 0 Å². The molecule has 17 heavy (non-hydrogen) atoms. The summed E-state index contributed by atoms with van der Waals surface area (Å²) in [5.74, 6) is 1.34. The highest BCUT2D eigenvalue weighted by Crippen LogP contribution is 2.13. The number of aromatic amines is 1. The van der Waals surface area contributed by atoms with E-state index in [0.29, 0.717) is 5.82 Å². The van der Waals surface area contributed by atoms with Gasteiger partial charge < -0.3 is 4.90 Å². The average molecular weight is 236 g/mol. The Kier molecular flexibility index (Phi) is 3.76. The van der Waals surface area contributed by atoms with E-state index in [9.17, 15) is 4.79 Å². The van der Waals surface area contributed by atoms with Crippen LogP contribution in [0.4, 0.5) is 0 Å². The van der Waals surface area contributed by atoms with Crippen LogP contribution in [0.2, 0.25) is 0 Å². The number of carbonyl (C=O) groups is 1. The predicted molar refractivity (Wildman–Crippen MR) is 64.8 cm³/mol. The Hall–Kier alpha value is -1.39. The van der Waals surface area contributed by atoms with Gasteiger partial charge in [0, 0.05) is 19.0 Å². The first kappa shape index (κ1) is 12.1. The van der Waals surface area contributed by atoms with E-state index in [-0.39, 0.29) is 11.8 Å². The number of carbonyl (C=O) groups excluding carboxylic acids is 1. The molecule has 0 radical (unpaired) electrons. The molecule has 1 N–H and O–H groups in total. The molecule has 0 saturated carbocycles. The maximum absolute atomic E-state index is 12.2. The minimum atomic E-state index is -0.0324. The van der Waals surface area contributed by atoms with Crippen molar-refractivity contribution in [1.29, 1.82) is 0 Å². The summed E-state index contributed by atoms with van der Waals surface area (Å²) in [6.07, 6.45) is 4.62. The molecule has 0 bridgehead atoms. The minimum Gasteiger partial charge on any atom is -0.336 e. The molecule has 1 aliphatic rings. The maximum atomic E-state index is 12.2. The molecule has 0 atom stereocenters. The number of hydrogen-bond donors (Lipinski definition) is 1. The summed E-state index contributed by atoms with van der Waals surface area (Å²) >= 11 is 0. The van der Waals surface area contributed by atoms with Crippen LogP contribution < -0.4 is 0 Å². The second-order valence-electron chi connectivity index (χ2n) is 4.91. The standard InChI is InChI=1S/C12H20N4O/c1-9(2)10-13-11(15-14-10)12(17)16-7-5-3-4-6-8-16/h9H,3-8H2,1-2H3,(H,13,14,15). The van der Waals surface area contributed by atoms with Crippen LogP contribution in [0, 0.1) is 0 Å². The van der Waals surface area contributed by atoms with Crippen LogP contribution in [0.25, 0.3) is 0 Å². The molecule has 2 heterocycles. The van der Waals surface area contributed by atoms with Gasteiger partial charge in [0.05, 0.1) is 0 Å². The van der Waals surface area contributed by atoms with Crippen molar-refractivity contribution >= 4 is 5.91 Å². The zero-order valence-corrected chi connectivity index (χ0v) is 10.6. The van der Waals surface area contributed by atoms with Crippen LogP contribution in [0.15, 0.2) is 0 Å². The average Bonchev–Trinajstić information content (AvgIpc) is 2.65. The molecule has 1 saturated heterocycles. The van der Waals surface area contributed by atoms with E-state index in [2.05, 4.69) is 15.2 Å². The number of amides is 1. The fourth-order valence-electron chi connectivity index (χ4n) is 2.04. The largest absolute Gasteiger partial charge is 0.336 e. The third-order valence-corrected chi connectivity index (χ3v) is 3.13. The van der Waals surface area contributed by atoms with Gasteiger partial charge >= 0.3 is 0 Å². The van der Waals surface area contributed by atoms with Crippen LogP contribution >= 0.6 is 0 Å². The molecular formula is C12H20N4O. The van der Waals surface area contributed by atoms with E-state index in [1.165, 1.54) is 12.8 Å². The third kappa shape index (κ3) is 2.84. The second-order valence-corrected chi connectivity index (χ2v) is 4.91. The van der Waals surface area contributed by atoms with E-state index in [4.69, 9.17) is 0 Å². The van der Waals surface area contributed by atoms with Crippen molar-refractivity contribution in [1.82, 2.24) is 20.1 Å². The lowest BCUT2D eigenvalue weighted by atomic mass is 10.2. The van der Waals surface area contributed by atoms with Crippen LogP contribution in [0.1, 0.15) is 61.9 Å². The molecule has 0 aliphatic carbocycles. The Morgan fingerprint density at radius 2 is 1.88 bits per heavy atom. The number of hydrogen-bond acceptors (Lipinski definition) is 3. The number of aromatic nitrogens is 3. The van der Waals surface area contributed by atoms with Gasteiger partial charge in [-0.05, 0) is 12.8 Å². The Labute approximate surface area is 102 Å². The monoisotopic (exact) mass is 236 g/mol. The lowest BCUT2D eigenvalue weighted by molar-refractivity contribution is 0.0750. The molecule has 1 amide bonds. The highest BCUT2D eigenvalue weighted by Gasteiger charge is 2.21. The normalized spacial score (nSPS) is 17.2. The molecule has 94 valence electrons. The van der Waals surface area contributed by atoms with Gasteiger partial charge in [-0.1, -0.05) is 26.7 Å². The minimum absolute atomic E-state index is 0.0324. The number of nitrogens with one attached hydrogen (secondary N) is 1. The van der Waals surface area contributed by atoms with Crippen molar-refractivity contribution in [2.45, 2.75) is 45.4 Å². The molecule has 1 aliphatic heterocycles. The SMILES string of the molecule is CC(C)c1nc(C(=O)N2CCCCCC2)n[nH]1. The molecule has 1 aromatic rings. The Morgan fingerprint density at radius 3 is 2.41 bits per heavy atom. The van der Waals surface area contributed by atoms with Crippen LogP contribution in [0.3, 0.4) is 0 Å². The molecule has 2 rings (SSSR count). The van der Waals surface area contributed by atoms with Crippen LogP contribution in [-0.4, -0.2) is 39.1 Å². The number of likely N-dealkylation sites (tertiary alicyclic amines) is 1. The third-order valence-electron chi connectivity index (χ3n) is 3.13. The summed E-state index contributed by atoms with van der Waals surface area (Å²) in [7, 11) is 0. The molecule has 0 unspecified atom stereocenters. The summed E-state index contributed by atoms with van der Waals surface area (Å²) in [5.41, 5.74) is 0. The lowest BCUT2D eigenvalue weighted by Gasteiger charge is -2.17. The zero-order valence-electron chi connectivity index (χ0n) is 10.6. The molecule has 0 spiro atoms. The summed E-state index contributed by atoms with van der Waals surface area (Å²) in [5, 5.41) is 6.85. The van der Waals surface area contributed by atoms with Crippen molar-refractivity contribution in [3.63, 3.8) is 0 Å². The zero-order chi connectivity index (χ0) is 12.3. The predicted octanol–water partition coefficient (Wildman–Crippen LogP) is 1.94. The Morgan fingerprint density at radius 1 is 1.24 bits per heavy atom. The fraction of sp³-hybridized carbons (Fsp3) is 0.750. The highest BCUT2D eigenvalue weighted by atomic mass is 16.2. The molecular weight excluding hydrogens is 216 g/mol. The number of rotatable bonds is 2. The summed E-state index contributed by atoms with van der Waals surface area (Å²) < 4.78 is 0. The van der Waals surface area contributed by atoms with E-state index >= 15 is 0 Å². The number of nitrogens with zero attached hydrogens (tertiary/aromatic N) is 3. The van der Waals surface area contributed by atoms with Gasteiger partial charge in [0.1, 0.15) is 5.82 Å². The van der Waals surface area contributed by atoms with Crippen molar-refractivity contribution in [2.75, 3.05) is 13.1 Å². The Bertz CT molecular complexity index is 378. The van der Waals surface area contributed by atoms with Gasteiger partial charge in [0.2, 0.25) is 5.82 Å². The van der Waals surface area contributed by atoms with Gasteiger partial charge in [0.25, 0.3) is 5.91 Å². The molecule has 5 heteroatoms. The van der Waals surface area contributed by atoms with Gasteiger partial charge in [-0.3, -0.25) is 9.89 Å². The van der Waals surface area contributed by atoms with Gasteiger partial charge in [-0.25, -0.2) is 4.98 Å². The topological polar surface area (TPSA) is 61.9 Å². The Balaban J connectivity index is 2.06. The van der Waals surface area contributed by atoms with Gasteiger partial charge in [-0.2, -0.15) is 0 Å². The number of H-pyrrole nitrogens is 1. The van der Waals surface area contributed by atoms with Crippen molar-refractivity contribution in [3.8, 4) is 0 Å². The first-order chi connectivity index (χ1) is 8.18. The molecule has 1 fully saturated rings. The fourth-order valence-corrected chi connectivity index (χ4v) is 2.04. The highest BCUT2D eigenvalue weighted by molar-refractivity contribution is 5.90. The van der Waals surface area contributed by atoms with E-state index in [0.717, 1.165) is 31.8 Å². The van der Waals surface area contributed by atoms with Crippen LogP contribution in [-0.2, 0) is 0 Å².